The Kier molecular flexibility index (Phi) is 5.97. The van der Waals surface area contributed by atoms with Gasteiger partial charge in [-0.15, -0.1) is 0 Å². The average Bonchev–Trinajstić information content (AvgIpc) is 3.84. The Hall–Kier alpha value is -5.48. The van der Waals surface area contributed by atoms with Crippen LogP contribution in [0.4, 0.5) is 0 Å². The van der Waals surface area contributed by atoms with E-state index < -0.39 is 5.41 Å². The summed E-state index contributed by atoms with van der Waals surface area (Å²) in [7, 11) is 3.25. The highest BCUT2D eigenvalue weighted by Gasteiger charge is 2.57. The predicted molar refractivity (Wildman–Crippen MR) is 192 cm³/mol. The van der Waals surface area contributed by atoms with Crippen molar-refractivity contribution >= 4 is 0 Å². The molecule has 0 aliphatic heterocycles. The van der Waals surface area contributed by atoms with E-state index in [0.717, 1.165) is 24.0 Å². The minimum Gasteiger partial charge on any atom is -0.504 e. The summed E-state index contributed by atoms with van der Waals surface area (Å²) in [6.45, 7) is 0. The fraction of sp³-hybridized carbons (Fsp3) is 0.200. The van der Waals surface area contributed by atoms with E-state index in [-0.39, 0.29) is 35.2 Å². The summed E-state index contributed by atoms with van der Waals surface area (Å²) in [5.41, 5.74) is 14.8. The molecule has 49 heavy (non-hydrogen) atoms. The van der Waals surface area contributed by atoms with Crippen LogP contribution in [0.15, 0.2) is 121 Å². The highest BCUT2D eigenvalue weighted by molar-refractivity contribution is 5.82. The average molecular weight is 641 g/mol. The number of hydrogen-bond acceptors (Lipinski definition) is 4. The van der Waals surface area contributed by atoms with Crippen LogP contribution in [-0.4, -0.2) is 24.4 Å². The second-order valence-corrected chi connectivity index (χ2v) is 14.2. The summed E-state index contributed by atoms with van der Waals surface area (Å²) in [6, 6.07) is 43.4. The molecule has 6 aromatic carbocycles. The summed E-state index contributed by atoms with van der Waals surface area (Å²) in [5, 5.41) is 22.8. The summed E-state index contributed by atoms with van der Waals surface area (Å²) < 4.78 is 11.5. The first-order chi connectivity index (χ1) is 24.0. The molecule has 0 aromatic heterocycles. The Morgan fingerprint density at radius 3 is 1.12 bits per heavy atom. The summed E-state index contributed by atoms with van der Waals surface area (Å²) >= 11 is 0. The van der Waals surface area contributed by atoms with Gasteiger partial charge in [0.05, 0.1) is 14.2 Å². The molecule has 0 saturated heterocycles. The predicted octanol–water partition coefficient (Wildman–Crippen LogP) is 10.0. The van der Waals surface area contributed by atoms with Crippen molar-refractivity contribution in [3.05, 3.63) is 166 Å². The Morgan fingerprint density at radius 2 is 0.796 bits per heavy atom. The van der Waals surface area contributed by atoms with E-state index in [1.54, 1.807) is 14.2 Å². The lowest BCUT2D eigenvalue weighted by molar-refractivity contribution is 0.371. The number of methoxy groups -OCH3 is 2. The first kappa shape index (κ1) is 28.5. The highest BCUT2D eigenvalue weighted by atomic mass is 16.5. The van der Waals surface area contributed by atoms with Gasteiger partial charge in [-0.1, -0.05) is 97.1 Å². The molecule has 2 atom stereocenters. The Labute approximate surface area is 286 Å². The number of phenols is 2. The van der Waals surface area contributed by atoms with Gasteiger partial charge in [0.25, 0.3) is 0 Å². The first-order valence-electron chi connectivity index (χ1n) is 17.2. The van der Waals surface area contributed by atoms with E-state index in [4.69, 9.17) is 9.47 Å². The van der Waals surface area contributed by atoms with Gasteiger partial charge < -0.3 is 19.7 Å². The van der Waals surface area contributed by atoms with Crippen molar-refractivity contribution in [2.75, 3.05) is 14.2 Å². The molecule has 4 nitrogen and oxygen atoms in total. The summed E-state index contributed by atoms with van der Waals surface area (Å²) in [4.78, 5) is 0. The van der Waals surface area contributed by atoms with E-state index in [1.807, 2.05) is 12.1 Å². The highest BCUT2D eigenvalue weighted by Crippen LogP contribution is 2.69. The molecule has 4 heteroatoms. The van der Waals surface area contributed by atoms with Gasteiger partial charge in [0.15, 0.2) is 23.0 Å². The Morgan fingerprint density at radius 1 is 0.469 bits per heavy atom. The Bertz CT molecular complexity index is 2080. The minimum atomic E-state index is -0.452. The molecule has 240 valence electrons. The maximum Gasteiger partial charge on any atom is 0.160 e. The van der Waals surface area contributed by atoms with E-state index in [9.17, 15) is 10.2 Å². The van der Waals surface area contributed by atoms with Crippen molar-refractivity contribution in [2.24, 2.45) is 0 Å². The number of phenolic OH excluding ortho intramolecular Hbond substituents is 2. The zero-order valence-corrected chi connectivity index (χ0v) is 27.5. The van der Waals surface area contributed by atoms with Gasteiger partial charge in [-0.2, -0.15) is 0 Å². The Balaban J connectivity index is 1.22. The van der Waals surface area contributed by atoms with Gasteiger partial charge in [-0.3, -0.25) is 0 Å². The molecular weight excluding hydrogens is 604 g/mol. The third-order valence-corrected chi connectivity index (χ3v) is 12.2. The van der Waals surface area contributed by atoms with Crippen molar-refractivity contribution in [3.8, 4) is 45.3 Å². The summed E-state index contributed by atoms with van der Waals surface area (Å²) in [5.74, 6) is 1.80. The van der Waals surface area contributed by atoms with Gasteiger partial charge in [0.2, 0.25) is 0 Å². The van der Waals surface area contributed by atoms with Gasteiger partial charge in [-0.25, -0.2) is 0 Å². The van der Waals surface area contributed by atoms with Crippen LogP contribution in [0.25, 0.3) is 22.3 Å². The molecule has 6 aromatic rings. The molecule has 10 rings (SSSR count). The van der Waals surface area contributed by atoms with Crippen LogP contribution >= 0.6 is 0 Å². The van der Waals surface area contributed by atoms with Gasteiger partial charge in [0, 0.05) is 17.3 Å². The molecule has 2 N–H and O–H groups in total. The van der Waals surface area contributed by atoms with Gasteiger partial charge in [-0.05, 0) is 116 Å². The van der Waals surface area contributed by atoms with Crippen LogP contribution in [0, 0.1) is 0 Å². The number of benzene rings is 6. The smallest absolute Gasteiger partial charge is 0.160 e. The maximum absolute atomic E-state index is 11.4. The van der Waals surface area contributed by atoms with Crippen molar-refractivity contribution in [1.82, 2.24) is 0 Å². The van der Waals surface area contributed by atoms with E-state index >= 15 is 0 Å². The minimum absolute atomic E-state index is 0.119. The molecule has 1 spiro atoms. The SMILES string of the molecule is COc1cc2c(cc1O)C1(CC2C2c3ccccc3-c3ccccc32)CC(C2c3ccccc3-c3ccccc32)c2cc(OC)c(O)cc21. The standard InChI is InChI=1S/C45H36O4/c1-48-41-19-33-35(43-29-15-7-3-11-25(29)26-12-4-8-16-30(26)43)23-45(37(33)21-39(41)46)24-36(34-20-42(49-2)40(47)22-38(34)45)44-31-17-9-5-13-27(31)28-14-6-10-18-32(28)44/h3-22,35-36,43-44,46-47H,23-24H2,1-2H3. The van der Waals surface area contributed by atoms with E-state index in [2.05, 4.69) is 109 Å². The van der Waals surface area contributed by atoms with Crippen LogP contribution in [0.3, 0.4) is 0 Å². The topological polar surface area (TPSA) is 58.9 Å². The quantitative estimate of drug-likeness (QED) is 0.201. The monoisotopic (exact) mass is 640 g/mol. The second kappa shape index (κ2) is 10.3. The van der Waals surface area contributed by atoms with Crippen molar-refractivity contribution in [1.29, 1.82) is 0 Å². The largest absolute Gasteiger partial charge is 0.504 e. The lowest BCUT2D eigenvalue weighted by Crippen LogP contribution is -2.23. The van der Waals surface area contributed by atoms with E-state index in [0.29, 0.717) is 11.5 Å². The molecule has 4 aliphatic rings. The zero-order chi connectivity index (χ0) is 33.0. The summed E-state index contributed by atoms with van der Waals surface area (Å²) in [6.07, 6.45) is 1.68. The molecule has 0 amide bonds. The van der Waals surface area contributed by atoms with Crippen LogP contribution in [0.5, 0.6) is 23.0 Å². The van der Waals surface area contributed by atoms with Crippen LogP contribution < -0.4 is 9.47 Å². The maximum atomic E-state index is 11.4. The molecule has 0 bridgehead atoms. The van der Waals surface area contributed by atoms with Crippen LogP contribution in [0.2, 0.25) is 0 Å². The number of aromatic hydroxyl groups is 2. The van der Waals surface area contributed by atoms with E-state index in [1.165, 1.54) is 55.6 Å². The van der Waals surface area contributed by atoms with Crippen molar-refractivity contribution in [2.45, 2.75) is 41.9 Å². The molecule has 0 saturated carbocycles. The lowest BCUT2D eigenvalue weighted by Gasteiger charge is -2.30. The normalized spacial score (nSPS) is 21.2. The molecular formula is C45H36O4. The van der Waals surface area contributed by atoms with Crippen LogP contribution in [0.1, 0.15) is 81.0 Å². The molecule has 0 heterocycles. The molecule has 0 radical (unpaired) electrons. The lowest BCUT2D eigenvalue weighted by atomic mass is 9.72. The number of fused-ring (bicyclic) bond motifs is 10. The second-order valence-electron chi connectivity index (χ2n) is 14.2. The molecule has 0 fully saturated rings. The van der Waals surface area contributed by atoms with Crippen molar-refractivity contribution < 1.29 is 19.7 Å². The number of ether oxygens (including phenoxy) is 2. The number of hydrogen-bond donors (Lipinski definition) is 2. The first-order valence-corrected chi connectivity index (χ1v) is 17.2. The third kappa shape index (κ3) is 3.75. The van der Waals surface area contributed by atoms with Gasteiger partial charge >= 0.3 is 0 Å². The third-order valence-electron chi connectivity index (χ3n) is 12.2. The van der Waals surface area contributed by atoms with Crippen LogP contribution in [-0.2, 0) is 5.41 Å². The molecule has 2 unspecified atom stereocenters. The fourth-order valence-electron chi connectivity index (χ4n) is 10.4. The number of rotatable bonds is 4. The van der Waals surface area contributed by atoms with Crippen molar-refractivity contribution in [3.63, 3.8) is 0 Å². The van der Waals surface area contributed by atoms with Gasteiger partial charge in [0.1, 0.15) is 0 Å². The zero-order valence-electron chi connectivity index (χ0n) is 27.5. The fourth-order valence-corrected chi connectivity index (χ4v) is 10.4. The molecule has 4 aliphatic carbocycles.